The third kappa shape index (κ3) is 20.1. The minimum absolute atomic E-state index is 0. The average molecular weight is 337 g/mol. The van der Waals surface area contributed by atoms with E-state index >= 15 is 0 Å². The fourth-order valence-corrected chi connectivity index (χ4v) is 2.51. The van der Waals surface area contributed by atoms with E-state index in [0.717, 1.165) is 19.3 Å². The van der Waals surface area contributed by atoms with Crippen molar-refractivity contribution in [3.05, 3.63) is 0 Å². The zero-order chi connectivity index (χ0) is 16.5. The van der Waals surface area contributed by atoms with E-state index in [9.17, 15) is 9.59 Å². The second-order valence-corrected chi connectivity index (χ2v) is 6.04. The predicted molar refractivity (Wildman–Crippen MR) is 97.6 cm³/mol. The van der Waals surface area contributed by atoms with Crippen LogP contribution in [0.2, 0.25) is 0 Å². The number of ether oxygens (including phenoxy) is 1. The maximum absolute atomic E-state index is 11.2. The number of esters is 2. The Balaban J connectivity index is 0. The summed E-state index contributed by atoms with van der Waals surface area (Å²) >= 11 is 0. The van der Waals surface area contributed by atoms with Crippen molar-refractivity contribution in [3.63, 3.8) is 0 Å². The molecule has 0 fully saturated rings. The topological polar surface area (TPSA) is 69.4 Å². The van der Waals surface area contributed by atoms with E-state index in [1.807, 2.05) is 0 Å². The Morgan fingerprint density at radius 1 is 0.696 bits per heavy atom. The van der Waals surface area contributed by atoms with E-state index in [0.29, 0.717) is 6.42 Å². The monoisotopic (exact) mass is 337 g/mol. The molecule has 0 spiro atoms. The van der Waals surface area contributed by atoms with Crippen LogP contribution in [0.1, 0.15) is 96.8 Å². The van der Waals surface area contributed by atoms with Crippen LogP contribution in [-0.4, -0.2) is 48.0 Å². The molecule has 5 heteroatoms. The van der Waals surface area contributed by atoms with E-state index in [-0.39, 0.29) is 36.1 Å². The zero-order valence-electron chi connectivity index (χ0n) is 14.4. The zero-order valence-corrected chi connectivity index (χ0v) is 14.4. The molecule has 0 aliphatic rings. The first-order chi connectivity index (χ1) is 10.7. The third-order valence-electron chi connectivity index (χ3n) is 3.88. The Bertz CT molecular complexity index is 285. The van der Waals surface area contributed by atoms with Crippen molar-refractivity contribution in [2.24, 2.45) is 5.73 Å². The van der Waals surface area contributed by atoms with Gasteiger partial charge in [0.2, 0.25) is 0 Å². The van der Waals surface area contributed by atoms with Crippen LogP contribution < -0.4 is 5.73 Å². The van der Waals surface area contributed by atoms with Crippen molar-refractivity contribution in [1.82, 2.24) is 0 Å². The van der Waals surface area contributed by atoms with Gasteiger partial charge in [0.25, 0.3) is 0 Å². The van der Waals surface area contributed by atoms with Crippen LogP contribution >= 0.6 is 0 Å². The first-order valence-electron chi connectivity index (χ1n) is 9.14. The molecule has 0 bridgehead atoms. The van der Waals surface area contributed by atoms with Crippen molar-refractivity contribution in [1.29, 1.82) is 0 Å². The summed E-state index contributed by atoms with van der Waals surface area (Å²) in [7, 11) is 0. The Morgan fingerprint density at radius 3 is 1.48 bits per heavy atom. The molecule has 0 saturated heterocycles. The number of rotatable bonds is 15. The van der Waals surface area contributed by atoms with Crippen molar-refractivity contribution in [2.75, 3.05) is 6.54 Å². The standard InChI is InChI=1S/C18H35NO3.Na.H/c1-2-3-4-5-6-7-8-9-10-11-12-13-14-15-17(20)22-18(21)16-19;;/h2-16,19H2,1H3;;. The van der Waals surface area contributed by atoms with Gasteiger partial charge in [-0.3, -0.25) is 9.59 Å². The Kier molecular flexibility index (Phi) is 22.2. The Hall–Kier alpha value is 0.1000. The molecule has 0 saturated carbocycles. The molecule has 0 aromatic rings. The van der Waals surface area contributed by atoms with Crippen LogP contribution in [0, 0.1) is 0 Å². The molecule has 0 heterocycles. The number of hydrogen-bond acceptors (Lipinski definition) is 4. The molecule has 4 nitrogen and oxygen atoms in total. The van der Waals surface area contributed by atoms with Crippen LogP contribution in [-0.2, 0) is 14.3 Å². The van der Waals surface area contributed by atoms with Crippen molar-refractivity contribution in [2.45, 2.75) is 96.8 Å². The van der Waals surface area contributed by atoms with E-state index in [1.54, 1.807) is 0 Å². The fraction of sp³-hybridized carbons (Fsp3) is 0.889. The van der Waals surface area contributed by atoms with Crippen LogP contribution in [0.3, 0.4) is 0 Å². The maximum atomic E-state index is 11.2. The van der Waals surface area contributed by atoms with E-state index in [4.69, 9.17) is 5.73 Å². The number of unbranched alkanes of at least 4 members (excludes halogenated alkanes) is 12. The van der Waals surface area contributed by atoms with Crippen LogP contribution in [0.4, 0.5) is 0 Å². The summed E-state index contributed by atoms with van der Waals surface area (Å²) in [6.45, 7) is 2.02. The summed E-state index contributed by atoms with van der Waals surface area (Å²) in [4.78, 5) is 22.0. The van der Waals surface area contributed by atoms with Crippen molar-refractivity contribution < 1.29 is 14.3 Å². The molecule has 2 N–H and O–H groups in total. The summed E-state index contributed by atoms with van der Waals surface area (Å²) in [6, 6.07) is 0. The second-order valence-electron chi connectivity index (χ2n) is 6.04. The summed E-state index contributed by atoms with van der Waals surface area (Å²) in [5.74, 6) is -1.08. The van der Waals surface area contributed by atoms with E-state index in [2.05, 4.69) is 11.7 Å². The van der Waals surface area contributed by atoms with Crippen LogP contribution in [0.25, 0.3) is 0 Å². The average Bonchev–Trinajstić information content (AvgIpc) is 2.51. The van der Waals surface area contributed by atoms with Gasteiger partial charge in [-0.1, -0.05) is 84.0 Å². The van der Waals surface area contributed by atoms with Gasteiger partial charge in [0.05, 0.1) is 6.54 Å². The molecule has 0 aromatic heterocycles. The number of nitrogens with two attached hydrogens (primary N) is 1. The van der Waals surface area contributed by atoms with Gasteiger partial charge in [0.1, 0.15) is 0 Å². The molecule has 0 aliphatic heterocycles. The van der Waals surface area contributed by atoms with E-state index in [1.165, 1.54) is 64.2 Å². The molecule has 0 aliphatic carbocycles. The summed E-state index contributed by atoms with van der Waals surface area (Å²) in [6.07, 6.45) is 16.8. The minimum atomic E-state index is -0.639. The molecular formula is C18H36NNaO3. The van der Waals surface area contributed by atoms with Crippen LogP contribution in [0.5, 0.6) is 0 Å². The number of hydrogen-bond donors (Lipinski definition) is 1. The molecule has 23 heavy (non-hydrogen) atoms. The normalized spacial score (nSPS) is 10.2. The molecule has 0 aromatic carbocycles. The number of carbonyl (C=O) groups is 2. The SMILES string of the molecule is CCCCCCCCCCCCCCCC(=O)OC(=O)CN.[NaH]. The Morgan fingerprint density at radius 2 is 1.09 bits per heavy atom. The molecule has 132 valence electrons. The van der Waals surface area contributed by atoms with E-state index < -0.39 is 11.9 Å². The molecule has 0 amide bonds. The molecule has 0 rings (SSSR count). The quantitative estimate of drug-likeness (QED) is 0.213. The fourth-order valence-electron chi connectivity index (χ4n) is 2.51. The number of carbonyl (C=O) groups excluding carboxylic acids is 2. The predicted octanol–water partition coefficient (Wildman–Crippen LogP) is 3.85. The Labute approximate surface area is 164 Å². The molecule has 0 atom stereocenters. The van der Waals surface area contributed by atoms with Crippen molar-refractivity contribution >= 4 is 41.5 Å². The van der Waals surface area contributed by atoms with Gasteiger partial charge in [0, 0.05) is 6.42 Å². The van der Waals surface area contributed by atoms with Gasteiger partial charge in [-0.2, -0.15) is 0 Å². The molecule has 0 unspecified atom stereocenters. The summed E-state index contributed by atoms with van der Waals surface area (Å²) in [5, 5.41) is 0. The van der Waals surface area contributed by atoms with Gasteiger partial charge in [0.15, 0.2) is 0 Å². The summed E-state index contributed by atoms with van der Waals surface area (Å²) < 4.78 is 4.50. The van der Waals surface area contributed by atoms with Crippen LogP contribution in [0.15, 0.2) is 0 Å². The van der Waals surface area contributed by atoms with Crippen molar-refractivity contribution in [3.8, 4) is 0 Å². The first kappa shape index (κ1) is 25.3. The second kappa shape index (κ2) is 20.1. The summed E-state index contributed by atoms with van der Waals surface area (Å²) in [5.41, 5.74) is 5.07. The van der Waals surface area contributed by atoms with Gasteiger partial charge < -0.3 is 10.5 Å². The first-order valence-corrected chi connectivity index (χ1v) is 9.14. The van der Waals surface area contributed by atoms with Gasteiger partial charge in [-0.25, -0.2) is 0 Å². The molecule has 0 radical (unpaired) electrons. The van der Waals surface area contributed by atoms with Gasteiger partial charge in [-0.05, 0) is 6.42 Å². The molecular weight excluding hydrogens is 301 g/mol. The van der Waals surface area contributed by atoms with Gasteiger partial charge >= 0.3 is 41.5 Å². The van der Waals surface area contributed by atoms with Gasteiger partial charge in [-0.15, -0.1) is 0 Å². The third-order valence-corrected chi connectivity index (χ3v) is 3.88.